The molecule has 0 saturated carbocycles. The second-order valence-corrected chi connectivity index (χ2v) is 9.45. The summed E-state index contributed by atoms with van der Waals surface area (Å²) in [6.07, 6.45) is 1.37. The number of hydrogen-bond acceptors (Lipinski definition) is 6. The van der Waals surface area contributed by atoms with Crippen molar-refractivity contribution < 1.29 is 9.47 Å². The molecule has 3 aromatic carbocycles. The highest BCUT2D eigenvalue weighted by Gasteiger charge is 2.82. The van der Waals surface area contributed by atoms with Gasteiger partial charge in [0.15, 0.2) is 0 Å². The van der Waals surface area contributed by atoms with Crippen molar-refractivity contribution >= 4 is 0 Å². The average molecular weight is 512 g/mol. The molecule has 2 aliphatic rings. The lowest BCUT2D eigenvalue weighted by atomic mass is 9.81. The summed E-state index contributed by atoms with van der Waals surface area (Å²) >= 11 is 0. The minimum atomic E-state index is -1.64. The van der Waals surface area contributed by atoms with Gasteiger partial charge in [-0.3, -0.25) is 0 Å². The van der Waals surface area contributed by atoms with Crippen LogP contribution in [-0.2, 0) is 20.8 Å². The van der Waals surface area contributed by atoms with Gasteiger partial charge in [0.25, 0.3) is 17.1 Å². The molecule has 3 heterocycles. The van der Waals surface area contributed by atoms with E-state index in [9.17, 15) is 9.59 Å². The smallest absolute Gasteiger partial charge is 0.342 e. The number of rotatable bonds is 9. The summed E-state index contributed by atoms with van der Waals surface area (Å²) in [4.78, 5) is 28.7. The van der Waals surface area contributed by atoms with Gasteiger partial charge in [-0.2, -0.15) is 9.36 Å². The van der Waals surface area contributed by atoms with Crippen LogP contribution in [0.25, 0.3) is 5.69 Å². The van der Waals surface area contributed by atoms with Gasteiger partial charge in [-0.25, -0.2) is 14.2 Å². The fourth-order valence-electron chi connectivity index (χ4n) is 5.71. The monoisotopic (exact) mass is 511 g/mol. The summed E-state index contributed by atoms with van der Waals surface area (Å²) in [5.74, 6) is -1.64. The molecule has 0 amide bonds. The zero-order valence-corrected chi connectivity index (χ0v) is 21.4. The molecular formula is C29H29N5O4. The molecule has 1 aromatic heterocycles. The summed E-state index contributed by atoms with van der Waals surface area (Å²) in [6, 6.07) is 27.6. The molecule has 0 saturated heterocycles. The van der Waals surface area contributed by atoms with E-state index < -0.39 is 28.5 Å². The van der Waals surface area contributed by atoms with Crippen molar-refractivity contribution in [1.82, 2.24) is 13.9 Å². The standard InChI is InChI=1S/C29H29N5O4/c1-3-20-37-29(38-21-4-2)27(22-14-8-5-9-15-22)30-31-28(29,23-16-10-6-11-17-23)34-26(36)32(25(35)33(27)34)24-18-12-7-13-19-24/h5-19H,3-4,20-21H2,1-2H3. The van der Waals surface area contributed by atoms with Gasteiger partial charge >= 0.3 is 11.4 Å². The van der Waals surface area contributed by atoms with Crippen molar-refractivity contribution in [2.75, 3.05) is 13.2 Å². The number of hydrogen-bond donors (Lipinski definition) is 0. The molecule has 9 nitrogen and oxygen atoms in total. The second-order valence-electron chi connectivity index (χ2n) is 9.45. The summed E-state index contributed by atoms with van der Waals surface area (Å²) in [5.41, 5.74) is -2.57. The van der Waals surface area contributed by atoms with Gasteiger partial charge in [-0.05, 0) is 25.0 Å². The van der Waals surface area contributed by atoms with E-state index >= 15 is 0 Å². The van der Waals surface area contributed by atoms with Crippen molar-refractivity contribution in [2.24, 2.45) is 10.2 Å². The third kappa shape index (κ3) is 2.88. The lowest BCUT2D eigenvalue weighted by Gasteiger charge is -2.42. The van der Waals surface area contributed by atoms with Crippen LogP contribution >= 0.6 is 0 Å². The third-order valence-electron chi connectivity index (χ3n) is 7.20. The summed E-state index contributed by atoms with van der Waals surface area (Å²) in [7, 11) is 0. The van der Waals surface area contributed by atoms with Crippen LogP contribution < -0.4 is 11.4 Å². The van der Waals surface area contributed by atoms with Gasteiger partial charge in [0.05, 0.1) is 18.9 Å². The highest BCUT2D eigenvalue weighted by atomic mass is 16.7. The molecule has 0 radical (unpaired) electrons. The maximum atomic E-state index is 14.4. The predicted molar refractivity (Wildman–Crippen MR) is 141 cm³/mol. The number of azo groups is 1. The van der Waals surface area contributed by atoms with Crippen molar-refractivity contribution in [1.29, 1.82) is 0 Å². The summed E-state index contributed by atoms with van der Waals surface area (Å²) in [6.45, 7) is 4.62. The van der Waals surface area contributed by atoms with E-state index in [2.05, 4.69) is 0 Å². The molecular weight excluding hydrogens is 482 g/mol. The molecule has 2 aliphatic heterocycles. The topological polar surface area (TPSA) is 92.1 Å². The molecule has 0 spiro atoms. The second kappa shape index (κ2) is 9.04. The maximum absolute atomic E-state index is 14.4. The fraction of sp³-hybridized carbons (Fsp3) is 0.310. The highest BCUT2D eigenvalue weighted by molar-refractivity contribution is 5.43. The first-order valence-corrected chi connectivity index (χ1v) is 13.0. The van der Waals surface area contributed by atoms with Crippen LogP contribution in [0.1, 0.15) is 37.8 Å². The van der Waals surface area contributed by atoms with Gasteiger partial charge in [0, 0.05) is 11.1 Å². The molecule has 4 aromatic rings. The van der Waals surface area contributed by atoms with Crippen molar-refractivity contribution in [3.8, 4) is 5.69 Å². The van der Waals surface area contributed by atoms with Crippen LogP contribution in [0.3, 0.4) is 0 Å². The largest absolute Gasteiger partial charge is 0.354 e. The lowest BCUT2D eigenvalue weighted by molar-refractivity contribution is -0.292. The Hall–Kier alpha value is -4.08. The molecule has 0 N–H and O–H groups in total. The van der Waals surface area contributed by atoms with Gasteiger partial charge in [-0.15, -0.1) is 10.2 Å². The van der Waals surface area contributed by atoms with E-state index in [-0.39, 0.29) is 0 Å². The Kier molecular flexibility index (Phi) is 5.77. The van der Waals surface area contributed by atoms with Gasteiger partial charge in [0.2, 0.25) is 0 Å². The first-order chi connectivity index (χ1) is 18.6. The highest BCUT2D eigenvalue weighted by Crippen LogP contribution is 2.62. The number of aromatic nitrogens is 3. The van der Waals surface area contributed by atoms with Crippen molar-refractivity contribution in [3.63, 3.8) is 0 Å². The van der Waals surface area contributed by atoms with Crippen LogP contribution in [0.15, 0.2) is 111 Å². The van der Waals surface area contributed by atoms with E-state index in [1.54, 1.807) is 24.3 Å². The number of ether oxygens (including phenoxy) is 2. The number of nitrogens with zero attached hydrogens (tertiary/aromatic N) is 5. The Morgan fingerprint density at radius 2 is 1.03 bits per heavy atom. The van der Waals surface area contributed by atoms with E-state index in [1.165, 1.54) is 9.36 Å². The quantitative estimate of drug-likeness (QED) is 0.315. The molecule has 2 atom stereocenters. The third-order valence-corrected chi connectivity index (χ3v) is 7.20. The Labute approximate surface area is 219 Å². The molecule has 0 fully saturated rings. The van der Waals surface area contributed by atoms with Crippen molar-refractivity contribution in [3.05, 3.63) is 123 Å². The normalized spacial score (nSPS) is 22.6. The zero-order valence-electron chi connectivity index (χ0n) is 21.4. The minimum Gasteiger partial charge on any atom is -0.342 e. The lowest BCUT2D eigenvalue weighted by Crippen LogP contribution is -2.62. The summed E-state index contributed by atoms with van der Waals surface area (Å²) < 4.78 is 17.4. The molecule has 2 unspecified atom stereocenters. The predicted octanol–water partition coefficient (Wildman–Crippen LogP) is 4.23. The van der Waals surface area contributed by atoms with E-state index in [1.807, 2.05) is 80.6 Å². The average Bonchev–Trinajstić information content (AvgIpc) is 3.50. The first-order valence-electron chi connectivity index (χ1n) is 13.0. The van der Waals surface area contributed by atoms with Gasteiger partial charge < -0.3 is 9.47 Å². The SMILES string of the molecule is CCCOC1(OCCC)C2(c3ccccc3)N=NC1(c1ccccc1)n1c(=O)n(-c3ccccc3)c(=O)n12. The number of benzene rings is 3. The zero-order chi connectivity index (χ0) is 26.4. The van der Waals surface area contributed by atoms with Crippen LogP contribution in [0.4, 0.5) is 0 Å². The molecule has 6 rings (SSSR count). The Morgan fingerprint density at radius 1 is 0.632 bits per heavy atom. The number of fused-ring (bicyclic) bond motifs is 5. The van der Waals surface area contributed by atoms with Crippen LogP contribution in [0, 0.1) is 0 Å². The minimum absolute atomic E-state index is 0.310. The number of para-hydroxylation sites is 1. The fourth-order valence-corrected chi connectivity index (χ4v) is 5.71. The molecule has 9 heteroatoms. The van der Waals surface area contributed by atoms with Gasteiger partial charge in [-0.1, -0.05) is 92.7 Å². The maximum Gasteiger partial charge on any atom is 0.354 e. The summed E-state index contributed by atoms with van der Waals surface area (Å²) in [5, 5.41) is 9.66. The van der Waals surface area contributed by atoms with Crippen LogP contribution in [0.5, 0.6) is 0 Å². The van der Waals surface area contributed by atoms with E-state index in [0.29, 0.717) is 42.9 Å². The van der Waals surface area contributed by atoms with E-state index in [4.69, 9.17) is 19.7 Å². The van der Waals surface area contributed by atoms with Crippen LogP contribution in [-0.4, -0.2) is 32.9 Å². The van der Waals surface area contributed by atoms with E-state index in [0.717, 1.165) is 4.57 Å². The Morgan fingerprint density at radius 3 is 1.42 bits per heavy atom. The van der Waals surface area contributed by atoms with Gasteiger partial charge in [0.1, 0.15) is 0 Å². The molecule has 194 valence electrons. The first kappa shape index (κ1) is 24.3. The van der Waals surface area contributed by atoms with Crippen molar-refractivity contribution in [2.45, 2.75) is 43.8 Å². The molecule has 38 heavy (non-hydrogen) atoms. The Balaban J connectivity index is 1.80. The molecule has 0 aliphatic carbocycles. The Bertz CT molecular complexity index is 1490. The molecule has 2 bridgehead atoms. The van der Waals surface area contributed by atoms with Crippen LogP contribution in [0.2, 0.25) is 0 Å².